The van der Waals surface area contributed by atoms with Crippen molar-refractivity contribution in [2.75, 3.05) is 10.6 Å². The second kappa shape index (κ2) is 7.33. The van der Waals surface area contributed by atoms with Gasteiger partial charge in [-0.1, -0.05) is 30.3 Å². The summed E-state index contributed by atoms with van der Waals surface area (Å²) < 4.78 is 66.1. The Labute approximate surface area is 165 Å². The lowest BCUT2D eigenvalue weighted by Gasteiger charge is -2.15. The third kappa shape index (κ3) is 4.30. The Balaban J connectivity index is 2.24. The molecule has 0 aromatic heterocycles. The molecule has 0 aliphatic rings. The highest BCUT2D eigenvalue weighted by Crippen LogP contribution is 2.39. The molecule has 0 atom stereocenters. The van der Waals surface area contributed by atoms with E-state index in [9.17, 15) is 35.8 Å². The van der Waals surface area contributed by atoms with Crippen LogP contribution in [0.3, 0.4) is 0 Å². The molecule has 29 heavy (non-hydrogen) atoms. The number of phenolic OH excluding ortho intramolecular Hbond substituents is 1. The van der Waals surface area contributed by atoms with Crippen LogP contribution in [0.2, 0.25) is 0 Å². The number of urea groups is 1. The number of carbonyl (C=O) groups excluding carboxylic acids is 1. The first-order valence-corrected chi connectivity index (χ1v) is 10.7. The number of hydrogen-bond acceptors (Lipinski definition) is 6. The second-order valence-electron chi connectivity index (χ2n) is 5.85. The normalized spacial score (nSPS) is 11.9. The number of para-hydroxylation sites is 1. The first-order valence-electron chi connectivity index (χ1n) is 7.85. The molecular weight excluding hydrogens is 424 g/mol. The third-order valence-corrected chi connectivity index (χ3v) is 5.83. The van der Waals surface area contributed by atoms with Crippen LogP contribution in [0.4, 0.5) is 16.2 Å². The predicted octanol–water partition coefficient (Wildman–Crippen LogP) is 2.68. The summed E-state index contributed by atoms with van der Waals surface area (Å²) in [5, 5.41) is 14.3. The van der Waals surface area contributed by atoms with E-state index < -0.39 is 47.2 Å². The van der Waals surface area contributed by atoms with E-state index in [4.69, 9.17) is 0 Å². The fraction of sp³-hybridized carbons (Fsp3) is 0. The van der Waals surface area contributed by atoms with Crippen LogP contribution in [-0.4, -0.2) is 37.1 Å². The summed E-state index contributed by atoms with van der Waals surface area (Å²) in [6.45, 7) is 0. The maximum absolute atomic E-state index is 12.3. The molecule has 0 aliphatic carbocycles. The Kier molecular flexibility index (Phi) is 5.19. The SMILES string of the molecule is O=C(Nc1ccccc1)Nc1cc(S(=O)(=O)O)c(S(=O)(=O)O)c2cccc(O)c12. The van der Waals surface area contributed by atoms with E-state index in [1.165, 1.54) is 12.1 Å². The molecule has 3 aromatic carbocycles. The maximum atomic E-state index is 12.3. The minimum absolute atomic E-state index is 0.254. The van der Waals surface area contributed by atoms with Gasteiger partial charge in [-0.2, -0.15) is 16.8 Å². The first-order chi connectivity index (χ1) is 13.5. The predicted molar refractivity (Wildman–Crippen MR) is 104 cm³/mol. The van der Waals surface area contributed by atoms with E-state index >= 15 is 0 Å². The van der Waals surface area contributed by atoms with E-state index in [-0.39, 0.29) is 11.1 Å². The van der Waals surface area contributed by atoms with Crippen molar-refractivity contribution in [3.05, 3.63) is 54.6 Å². The van der Waals surface area contributed by atoms with Gasteiger partial charge in [0.25, 0.3) is 20.2 Å². The number of benzene rings is 3. The Morgan fingerprint density at radius 1 is 0.828 bits per heavy atom. The smallest absolute Gasteiger partial charge is 0.323 e. The maximum Gasteiger partial charge on any atom is 0.323 e. The van der Waals surface area contributed by atoms with E-state index in [1.807, 2.05) is 0 Å². The van der Waals surface area contributed by atoms with Gasteiger partial charge in [0.15, 0.2) is 0 Å². The molecule has 0 aliphatic heterocycles. The lowest BCUT2D eigenvalue weighted by molar-refractivity contribution is 0.262. The number of fused-ring (bicyclic) bond motifs is 1. The van der Waals surface area contributed by atoms with Gasteiger partial charge in [-0.05, 0) is 24.3 Å². The van der Waals surface area contributed by atoms with Crippen LogP contribution in [0, 0.1) is 0 Å². The number of anilines is 2. The van der Waals surface area contributed by atoms with Gasteiger partial charge in [0, 0.05) is 16.5 Å². The van der Waals surface area contributed by atoms with E-state index in [0.29, 0.717) is 11.8 Å². The number of nitrogens with one attached hydrogen (secondary N) is 2. The molecule has 152 valence electrons. The highest BCUT2D eigenvalue weighted by Gasteiger charge is 2.29. The number of carbonyl (C=O) groups is 1. The zero-order chi connectivity index (χ0) is 21.4. The van der Waals surface area contributed by atoms with Crippen LogP contribution < -0.4 is 10.6 Å². The average Bonchev–Trinajstić information content (AvgIpc) is 2.60. The van der Waals surface area contributed by atoms with Crippen molar-refractivity contribution in [1.29, 1.82) is 0 Å². The molecule has 0 saturated carbocycles. The fourth-order valence-corrected chi connectivity index (χ4v) is 4.78. The van der Waals surface area contributed by atoms with Crippen LogP contribution in [-0.2, 0) is 20.2 Å². The molecule has 3 aromatic rings. The third-order valence-electron chi connectivity index (χ3n) is 3.87. The van der Waals surface area contributed by atoms with Gasteiger partial charge >= 0.3 is 6.03 Å². The largest absolute Gasteiger partial charge is 0.507 e. The lowest BCUT2D eigenvalue weighted by atomic mass is 10.1. The van der Waals surface area contributed by atoms with Crippen molar-refractivity contribution in [3.63, 3.8) is 0 Å². The zero-order valence-electron chi connectivity index (χ0n) is 14.4. The zero-order valence-corrected chi connectivity index (χ0v) is 16.0. The van der Waals surface area contributed by atoms with Crippen LogP contribution in [0.5, 0.6) is 5.75 Å². The van der Waals surface area contributed by atoms with Gasteiger partial charge in [-0.25, -0.2) is 4.79 Å². The molecule has 0 saturated heterocycles. The van der Waals surface area contributed by atoms with Crippen molar-refractivity contribution >= 4 is 48.4 Å². The molecular formula is C17H14N2O8S2. The highest BCUT2D eigenvalue weighted by molar-refractivity contribution is 7.89. The van der Waals surface area contributed by atoms with E-state index in [0.717, 1.165) is 6.07 Å². The van der Waals surface area contributed by atoms with Gasteiger partial charge in [0.05, 0.1) is 5.69 Å². The van der Waals surface area contributed by atoms with Crippen molar-refractivity contribution in [3.8, 4) is 5.75 Å². The quantitative estimate of drug-likeness (QED) is 0.387. The summed E-state index contributed by atoms with van der Waals surface area (Å²) in [6.07, 6.45) is 0. The monoisotopic (exact) mass is 438 g/mol. The number of hydrogen-bond donors (Lipinski definition) is 5. The van der Waals surface area contributed by atoms with Gasteiger partial charge in [0.1, 0.15) is 15.5 Å². The second-order valence-corrected chi connectivity index (χ2v) is 8.59. The molecule has 0 bridgehead atoms. The number of phenols is 1. The van der Waals surface area contributed by atoms with Crippen LogP contribution in [0.15, 0.2) is 64.4 Å². The molecule has 3 rings (SSSR count). The summed E-state index contributed by atoms with van der Waals surface area (Å²) in [4.78, 5) is 10.0. The minimum Gasteiger partial charge on any atom is -0.507 e. The molecule has 0 unspecified atom stereocenters. The summed E-state index contributed by atoms with van der Waals surface area (Å²) >= 11 is 0. The number of rotatable bonds is 4. The highest BCUT2D eigenvalue weighted by atomic mass is 32.2. The topological polar surface area (TPSA) is 170 Å². The summed E-state index contributed by atoms with van der Waals surface area (Å²) in [5.41, 5.74) is 0.0923. The molecule has 12 heteroatoms. The molecule has 2 amide bonds. The van der Waals surface area contributed by atoms with Crippen LogP contribution in [0.25, 0.3) is 10.8 Å². The fourth-order valence-electron chi connectivity index (χ4n) is 2.78. The molecule has 0 heterocycles. The van der Waals surface area contributed by atoms with Crippen molar-refractivity contribution in [1.82, 2.24) is 0 Å². The molecule has 5 N–H and O–H groups in total. The van der Waals surface area contributed by atoms with Crippen molar-refractivity contribution in [2.24, 2.45) is 0 Å². The van der Waals surface area contributed by atoms with E-state index in [2.05, 4.69) is 10.6 Å². The summed E-state index contributed by atoms with van der Waals surface area (Å²) in [6, 6.07) is 11.5. The van der Waals surface area contributed by atoms with Gasteiger partial charge in [0.2, 0.25) is 0 Å². The van der Waals surface area contributed by atoms with Crippen LogP contribution >= 0.6 is 0 Å². The van der Waals surface area contributed by atoms with Gasteiger partial charge in [-0.3, -0.25) is 9.11 Å². The number of aromatic hydroxyl groups is 1. The average molecular weight is 438 g/mol. The standard InChI is InChI=1S/C17H14N2O8S2/c20-13-8-4-7-11-15(13)12(19-17(21)18-10-5-2-1-3-6-10)9-14(28(22,23)24)16(11)29(25,26)27/h1-9,20H,(H2,18,19,21)(H,22,23,24)(H,25,26,27). The molecule has 0 spiro atoms. The van der Waals surface area contributed by atoms with Gasteiger partial charge in [-0.15, -0.1) is 0 Å². The van der Waals surface area contributed by atoms with Crippen molar-refractivity contribution in [2.45, 2.75) is 9.79 Å². The molecule has 0 radical (unpaired) electrons. The Bertz CT molecular complexity index is 1320. The van der Waals surface area contributed by atoms with Crippen molar-refractivity contribution < 1.29 is 35.8 Å². The van der Waals surface area contributed by atoms with Crippen LogP contribution in [0.1, 0.15) is 0 Å². The Morgan fingerprint density at radius 3 is 2.07 bits per heavy atom. The number of amides is 2. The Hall–Kier alpha value is -3.19. The van der Waals surface area contributed by atoms with E-state index in [1.54, 1.807) is 30.3 Å². The Morgan fingerprint density at radius 2 is 1.48 bits per heavy atom. The lowest BCUT2D eigenvalue weighted by Crippen LogP contribution is -2.20. The molecule has 0 fully saturated rings. The molecule has 10 nitrogen and oxygen atoms in total. The summed E-state index contributed by atoms with van der Waals surface area (Å²) in [7, 11) is -10.3. The first kappa shape index (κ1) is 20.5. The summed E-state index contributed by atoms with van der Waals surface area (Å²) in [5.74, 6) is -0.496. The van der Waals surface area contributed by atoms with Gasteiger partial charge < -0.3 is 15.7 Å². The minimum atomic E-state index is -5.13.